The first-order chi connectivity index (χ1) is 9.17. The second-order valence-corrected chi connectivity index (χ2v) is 5.22. The van der Waals surface area contributed by atoms with Crippen LogP contribution in [0.4, 0.5) is 0 Å². The van der Waals surface area contributed by atoms with Crippen molar-refractivity contribution in [3.8, 4) is 18.1 Å². The molecule has 1 unspecified atom stereocenters. The third-order valence-corrected chi connectivity index (χ3v) is 3.22. The molecule has 1 aromatic carbocycles. The van der Waals surface area contributed by atoms with Crippen molar-refractivity contribution in [2.75, 3.05) is 20.3 Å². The lowest BCUT2D eigenvalue weighted by Gasteiger charge is -2.15. The second kappa shape index (κ2) is 8.98. The highest BCUT2D eigenvalue weighted by atomic mass is 79.9. The standard InChI is InChI=1S/C15H20BrNO2/c1-4-8-19-15-6-5-14(16)10-13(15)11-17-12(2)7-9-18-3/h1,5-6,10,12,17H,7-9,11H2,2-3H3. The number of rotatable bonds is 8. The maximum absolute atomic E-state index is 5.53. The molecule has 1 atom stereocenters. The fraction of sp³-hybridized carbons (Fsp3) is 0.467. The molecule has 0 aliphatic heterocycles. The van der Waals surface area contributed by atoms with E-state index in [1.807, 2.05) is 18.2 Å². The van der Waals surface area contributed by atoms with Gasteiger partial charge in [0.1, 0.15) is 12.4 Å². The summed E-state index contributed by atoms with van der Waals surface area (Å²) in [5.41, 5.74) is 1.09. The van der Waals surface area contributed by atoms with Crippen LogP contribution in [0.2, 0.25) is 0 Å². The fourth-order valence-corrected chi connectivity index (χ4v) is 2.04. The van der Waals surface area contributed by atoms with Crippen molar-refractivity contribution < 1.29 is 9.47 Å². The van der Waals surface area contributed by atoms with E-state index in [4.69, 9.17) is 15.9 Å². The van der Waals surface area contributed by atoms with Crippen molar-refractivity contribution in [2.45, 2.75) is 25.9 Å². The molecule has 4 heteroatoms. The van der Waals surface area contributed by atoms with Crippen LogP contribution in [0, 0.1) is 12.3 Å². The molecule has 0 fully saturated rings. The lowest BCUT2D eigenvalue weighted by Crippen LogP contribution is -2.26. The van der Waals surface area contributed by atoms with Crippen molar-refractivity contribution in [2.24, 2.45) is 0 Å². The molecular weight excluding hydrogens is 306 g/mol. The van der Waals surface area contributed by atoms with Crippen molar-refractivity contribution in [1.29, 1.82) is 0 Å². The molecule has 0 amide bonds. The van der Waals surface area contributed by atoms with E-state index >= 15 is 0 Å². The smallest absolute Gasteiger partial charge is 0.148 e. The average Bonchev–Trinajstić information content (AvgIpc) is 2.41. The fourth-order valence-electron chi connectivity index (χ4n) is 1.63. The minimum absolute atomic E-state index is 0.286. The normalized spacial score (nSPS) is 11.9. The summed E-state index contributed by atoms with van der Waals surface area (Å²) in [5.74, 6) is 3.31. The van der Waals surface area contributed by atoms with Crippen LogP contribution in [-0.4, -0.2) is 26.4 Å². The van der Waals surface area contributed by atoms with Gasteiger partial charge in [0.2, 0.25) is 0 Å². The van der Waals surface area contributed by atoms with Crippen molar-refractivity contribution >= 4 is 15.9 Å². The van der Waals surface area contributed by atoms with Crippen LogP contribution in [0.3, 0.4) is 0 Å². The first-order valence-electron chi connectivity index (χ1n) is 6.24. The number of benzene rings is 1. The second-order valence-electron chi connectivity index (χ2n) is 4.31. The van der Waals surface area contributed by atoms with Gasteiger partial charge in [0.05, 0.1) is 0 Å². The molecular formula is C15H20BrNO2. The Hall–Kier alpha value is -1.02. The Morgan fingerprint density at radius 3 is 2.95 bits per heavy atom. The van der Waals surface area contributed by atoms with Crippen molar-refractivity contribution in [3.63, 3.8) is 0 Å². The molecule has 0 radical (unpaired) electrons. The maximum atomic E-state index is 5.53. The third-order valence-electron chi connectivity index (χ3n) is 2.73. The Morgan fingerprint density at radius 2 is 2.26 bits per heavy atom. The van der Waals surface area contributed by atoms with Crippen molar-refractivity contribution in [3.05, 3.63) is 28.2 Å². The lowest BCUT2D eigenvalue weighted by atomic mass is 10.1. The van der Waals surface area contributed by atoms with Gasteiger partial charge in [-0.1, -0.05) is 21.9 Å². The molecule has 0 aliphatic rings. The van der Waals surface area contributed by atoms with Crippen LogP contribution in [0.5, 0.6) is 5.75 Å². The minimum Gasteiger partial charge on any atom is -0.481 e. The van der Waals surface area contributed by atoms with Crippen molar-refractivity contribution in [1.82, 2.24) is 5.32 Å². The molecule has 1 aromatic rings. The van der Waals surface area contributed by atoms with Gasteiger partial charge in [-0.15, -0.1) is 6.42 Å². The zero-order chi connectivity index (χ0) is 14.1. The van der Waals surface area contributed by atoms with Gasteiger partial charge in [0.25, 0.3) is 0 Å². The van der Waals surface area contributed by atoms with Gasteiger partial charge in [-0.2, -0.15) is 0 Å². The Balaban J connectivity index is 2.60. The van der Waals surface area contributed by atoms with Crippen LogP contribution >= 0.6 is 15.9 Å². The number of hydrogen-bond acceptors (Lipinski definition) is 3. The van der Waals surface area contributed by atoms with Gasteiger partial charge in [-0.25, -0.2) is 0 Å². The summed E-state index contributed by atoms with van der Waals surface area (Å²) in [6, 6.07) is 6.31. The van der Waals surface area contributed by atoms with Crippen LogP contribution < -0.4 is 10.1 Å². The molecule has 19 heavy (non-hydrogen) atoms. The molecule has 0 bridgehead atoms. The molecule has 3 nitrogen and oxygen atoms in total. The van der Waals surface area contributed by atoms with Gasteiger partial charge in [0, 0.05) is 36.3 Å². The van der Waals surface area contributed by atoms with Crippen LogP contribution in [0.1, 0.15) is 18.9 Å². The van der Waals surface area contributed by atoms with E-state index in [0.717, 1.165) is 35.4 Å². The summed E-state index contributed by atoms with van der Waals surface area (Å²) < 4.78 is 11.6. The zero-order valence-corrected chi connectivity index (χ0v) is 13.0. The molecule has 0 saturated heterocycles. The van der Waals surface area contributed by atoms with Gasteiger partial charge in [-0.05, 0) is 31.5 Å². The molecule has 1 N–H and O–H groups in total. The molecule has 104 valence electrons. The van der Waals surface area contributed by atoms with E-state index in [0.29, 0.717) is 6.04 Å². The largest absolute Gasteiger partial charge is 0.481 e. The van der Waals surface area contributed by atoms with Gasteiger partial charge < -0.3 is 14.8 Å². The van der Waals surface area contributed by atoms with Crippen LogP contribution in [-0.2, 0) is 11.3 Å². The maximum Gasteiger partial charge on any atom is 0.148 e. The highest BCUT2D eigenvalue weighted by Crippen LogP contribution is 2.23. The number of methoxy groups -OCH3 is 1. The number of hydrogen-bond donors (Lipinski definition) is 1. The summed E-state index contributed by atoms with van der Waals surface area (Å²) in [6.45, 7) is 3.92. The predicted molar refractivity (Wildman–Crippen MR) is 81.3 cm³/mol. The molecule has 0 spiro atoms. The average molecular weight is 326 g/mol. The lowest BCUT2D eigenvalue weighted by molar-refractivity contribution is 0.184. The number of terminal acetylenes is 1. The molecule has 0 aromatic heterocycles. The van der Waals surface area contributed by atoms with Gasteiger partial charge in [-0.3, -0.25) is 0 Å². The number of nitrogens with one attached hydrogen (secondary N) is 1. The van der Waals surface area contributed by atoms with E-state index in [1.165, 1.54) is 0 Å². The highest BCUT2D eigenvalue weighted by molar-refractivity contribution is 9.10. The Kier molecular flexibility index (Phi) is 7.57. The Labute approximate surface area is 123 Å². The summed E-state index contributed by atoms with van der Waals surface area (Å²) in [4.78, 5) is 0. The van der Waals surface area contributed by atoms with E-state index in [2.05, 4.69) is 34.1 Å². The van der Waals surface area contributed by atoms with Crippen LogP contribution in [0.25, 0.3) is 0 Å². The molecule has 1 rings (SSSR count). The summed E-state index contributed by atoms with van der Waals surface area (Å²) in [7, 11) is 1.72. The van der Waals surface area contributed by atoms with Crippen LogP contribution in [0.15, 0.2) is 22.7 Å². The Bertz CT molecular complexity index is 429. The summed E-state index contributed by atoms with van der Waals surface area (Å²) >= 11 is 3.47. The number of ether oxygens (including phenoxy) is 2. The summed E-state index contributed by atoms with van der Waals surface area (Å²) in [6.07, 6.45) is 6.20. The van der Waals surface area contributed by atoms with E-state index in [9.17, 15) is 0 Å². The van der Waals surface area contributed by atoms with E-state index < -0.39 is 0 Å². The molecule has 0 saturated carbocycles. The monoisotopic (exact) mass is 325 g/mol. The predicted octanol–water partition coefficient (Wildman–Crippen LogP) is 2.98. The van der Waals surface area contributed by atoms with E-state index in [1.54, 1.807) is 7.11 Å². The zero-order valence-electron chi connectivity index (χ0n) is 11.4. The van der Waals surface area contributed by atoms with Gasteiger partial charge >= 0.3 is 0 Å². The minimum atomic E-state index is 0.286. The number of halogens is 1. The SMILES string of the molecule is C#CCOc1ccc(Br)cc1CNC(C)CCOC. The molecule has 0 heterocycles. The first-order valence-corrected chi connectivity index (χ1v) is 7.03. The summed E-state index contributed by atoms with van der Waals surface area (Å²) in [5, 5.41) is 3.45. The quantitative estimate of drug-likeness (QED) is 0.745. The highest BCUT2D eigenvalue weighted by Gasteiger charge is 2.07. The third kappa shape index (κ3) is 6.11. The van der Waals surface area contributed by atoms with E-state index in [-0.39, 0.29) is 6.61 Å². The topological polar surface area (TPSA) is 30.5 Å². The Morgan fingerprint density at radius 1 is 1.47 bits per heavy atom. The van der Waals surface area contributed by atoms with Gasteiger partial charge in [0.15, 0.2) is 0 Å². The first kappa shape index (κ1) is 16.0. The molecule has 0 aliphatic carbocycles.